The van der Waals surface area contributed by atoms with Gasteiger partial charge < -0.3 is 14.9 Å². The van der Waals surface area contributed by atoms with E-state index in [4.69, 9.17) is 0 Å². The van der Waals surface area contributed by atoms with Gasteiger partial charge in [-0.2, -0.15) is 5.10 Å². The van der Waals surface area contributed by atoms with Gasteiger partial charge >= 0.3 is 0 Å². The SMILES string of the molecule is CC1(C)CN(C(=O)[C@@H]2CN(c3cccnn3)C[C@H]2c2ccc(F)cc2F)CC[C@@]1(O)c1ccccc1. The molecule has 6 nitrogen and oxygen atoms in total. The number of anilines is 1. The number of hydrogen-bond acceptors (Lipinski definition) is 5. The maximum Gasteiger partial charge on any atom is 0.228 e. The summed E-state index contributed by atoms with van der Waals surface area (Å²) in [4.78, 5) is 17.7. The molecule has 5 rings (SSSR count). The molecule has 2 fully saturated rings. The quantitative estimate of drug-likeness (QED) is 0.594. The number of rotatable bonds is 4. The zero-order chi connectivity index (χ0) is 25.5. The highest BCUT2D eigenvalue weighted by Crippen LogP contribution is 2.47. The maximum absolute atomic E-state index is 14.9. The van der Waals surface area contributed by atoms with E-state index in [1.165, 1.54) is 12.1 Å². The number of aromatic nitrogens is 2. The van der Waals surface area contributed by atoms with Gasteiger partial charge in [-0.3, -0.25) is 4.79 Å². The summed E-state index contributed by atoms with van der Waals surface area (Å²) < 4.78 is 28.5. The summed E-state index contributed by atoms with van der Waals surface area (Å²) in [5.74, 6) is -1.82. The number of aliphatic hydroxyl groups is 1. The smallest absolute Gasteiger partial charge is 0.228 e. The van der Waals surface area contributed by atoms with E-state index in [0.29, 0.717) is 44.0 Å². The van der Waals surface area contributed by atoms with Crippen molar-refractivity contribution in [3.63, 3.8) is 0 Å². The van der Waals surface area contributed by atoms with E-state index in [1.54, 1.807) is 17.2 Å². The van der Waals surface area contributed by atoms with Gasteiger partial charge in [0.25, 0.3) is 0 Å². The summed E-state index contributed by atoms with van der Waals surface area (Å²) in [6, 6.07) is 16.7. The lowest BCUT2D eigenvalue weighted by Gasteiger charge is -2.51. The fourth-order valence-corrected chi connectivity index (χ4v) is 5.81. The summed E-state index contributed by atoms with van der Waals surface area (Å²) >= 11 is 0. The molecule has 3 atom stereocenters. The Morgan fingerprint density at radius 2 is 1.83 bits per heavy atom. The Hall–Kier alpha value is -3.39. The molecule has 0 spiro atoms. The lowest BCUT2D eigenvalue weighted by molar-refractivity contribution is -0.156. The van der Waals surface area contributed by atoms with Crippen LogP contribution in [-0.2, 0) is 10.4 Å². The van der Waals surface area contributed by atoms with E-state index in [0.717, 1.165) is 11.6 Å². The van der Waals surface area contributed by atoms with Crippen LogP contribution in [0.2, 0.25) is 0 Å². The number of nitrogens with zero attached hydrogens (tertiary/aromatic N) is 4. The van der Waals surface area contributed by atoms with Gasteiger partial charge in [-0.25, -0.2) is 8.78 Å². The molecule has 0 bridgehead atoms. The summed E-state index contributed by atoms with van der Waals surface area (Å²) in [5, 5.41) is 19.8. The number of amides is 1. The second-order valence-corrected chi connectivity index (χ2v) is 10.5. The van der Waals surface area contributed by atoms with Crippen LogP contribution in [0.3, 0.4) is 0 Å². The first-order valence-electron chi connectivity index (χ1n) is 12.2. The van der Waals surface area contributed by atoms with Crippen molar-refractivity contribution in [1.29, 1.82) is 0 Å². The number of hydrogen-bond donors (Lipinski definition) is 1. The summed E-state index contributed by atoms with van der Waals surface area (Å²) in [5.41, 5.74) is -0.530. The fraction of sp³-hybridized carbons (Fsp3) is 0.393. The molecule has 1 amide bonds. The summed E-state index contributed by atoms with van der Waals surface area (Å²) in [6.07, 6.45) is 1.97. The molecule has 1 aromatic heterocycles. The van der Waals surface area contributed by atoms with Crippen molar-refractivity contribution >= 4 is 11.7 Å². The van der Waals surface area contributed by atoms with E-state index in [1.807, 2.05) is 55.1 Å². The predicted octanol–water partition coefficient (Wildman–Crippen LogP) is 4.12. The van der Waals surface area contributed by atoms with Crippen molar-refractivity contribution in [2.24, 2.45) is 11.3 Å². The molecule has 1 N–H and O–H groups in total. The van der Waals surface area contributed by atoms with Crippen LogP contribution >= 0.6 is 0 Å². The highest BCUT2D eigenvalue weighted by atomic mass is 19.1. The largest absolute Gasteiger partial charge is 0.384 e. The van der Waals surface area contributed by atoms with E-state index in [-0.39, 0.29) is 5.91 Å². The van der Waals surface area contributed by atoms with E-state index in [9.17, 15) is 18.7 Å². The molecule has 2 aliphatic rings. The monoisotopic (exact) mass is 492 g/mol. The normalized spacial score (nSPS) is 25.7. The van der Waals surface area contributed by atoms with E-state index < -0.39 is 34.5 Å². The molecule has 2 saturated heterocycles. The van der Waals surface area contributed by atoms with Gasteiger partial charge in [-0.1, -0.05) is 50.2 Å². The number of likely N-dealkylation sites (tertiary alicyclic amines) is 1. The number of carbonyl (C=O) groups excluding carboxylic acids is 1. The van der Waals surface area contributed by atoms with Crippen LogP contribution in [0.4, 0.5) is 14.6 Å². The van der Waals surface area contributed by atoms with Crippen LogP contribution in [0.25, 0.3) is 0 Å². The Labute approximate surface area is 209 Å². The van der Waals surface area contributed by atoms with Crippen molar-refractivity contribution in [2.75, 3.05) is 31.1 Å². The summed E-state index contributed by atoms with van der Waals surface area (Å²) in [6.45, 7) is 5.39. The molecule has 36 heavy (non-hydrogen) atoms. The van der Waals surface area contributed by atoms with Crippen molar-refractivity contribution < 1.29 is 18.7 Å². The van der Waals surface area contributed by atoms with Crippen LogP contribution in [0.5, 0.6) is 0 Å². The molecule has 0 saturated carbocycles. The number of benzene rings is 2. The van der Waals surface area contributed by atoms with Crippen LogP contribution in [0, 0.1) is 23.0 Å². The number of carbonyl (C=O) groups is 1. The number of halogens is 2. The third-order valence-corrected chi connectivity index (χ3v) is 7.89. The Morgan fingerprint density at radius 1 is 1.06 bits per heavy atom. The topological polar surface area (TPSA) is 69.6 Å². The predicted molar refractivity (Wildman–Crippen MR) is 132 cm³/mol. The van der Waals surface area contributed by atoms with Crippen LogP contribution in [0.1, 0.15) is 37.3 Å². The van der Waals surface area contributed by atoms with Crippen molar-refractivity contribution in [3.8, 4) is 0 Å². The second-order valence-electron chi connectivity index (χ2n) is 10.5. The molecule has 8 heteroatoms. The Morgan fingerprint density at radius 3 is 2.50 bits per heavy atom. The minimum absolute atomic E-state index is 0.0988. The lowest BCUT2D eigenvalue weighted by atomic mass is 9.66. The van der Waals surface area contributed by atoms with Gasteiger partial charge in [0.1, 0.15) is 11.6 Å². The lowest BCUT2D eigenvalue weighted by Crippen LogP contribution is -2.57. The molecule has 2 aromatic carbocycles. The van der Waals surface area contributed by atoms with Gasteiger partial charge in [0.2, 0.25) is 5.91 Å². The third kappa shape index (κ3) is 4.23. The van der Waals surface area contributed by atoms with Crippen LogP contribution < -0.4 is 4.90 Å². The van der Waals surface area contributed by atoms with Gasteiger partial charge in [-0.05, 0) is 35.7 Å². The number of piperidine rings is 1. The highest BCUT2D eigenvalue weighted by molar-refractivity contribution is 5.82. The second kappa shape index (κ2) is 9.24. The minimum atomic E-state index is -1.07. The standard InChI is InChI=1S/C28H30F2N4O2/c1-27(2)18-33(14-12-28(27,36)19-7-4-3-5-8-19)26(35)23-17-34(25-9-6-13-31-32-25)16-22(23)21-11-10-20(29)15-24(21)30/h3-11,13,15,22-23,36H,12,14,16-18H2,1-2H3/t22-,23+,28+/m0/s1. The molecule has 0 radical (unpaired) electrons. The molecular formula is C28H30F2N4O2. The zero-order valence-electron chi connectivity index (χ0n) is 20.4. The highest BCUT2D eigenvalue weighted by Gasteiger charge is 2.51. The zero-order valence-corrected chi connectivity index (χ0v) is 20.4. The van der Waals surface area contributed by atoms with Crippen molar-refractivity contribution in [3.05, 3.63) is 89.6 Å². The maximum atomic E-state index is 14.9. The molecular weight excluding hydrogens is 462 g/mol. The van der Waals surface area contributed by atoms with Gasteiger partial charge in [0.05, 0.1) is 11.5 Å². The fourth-order valence-electron chi connectivity index (χ4n) is 5.81. The average Bonchev–Trinajstić information content (AvgIpc) is 3.31. The van der Waals surface area contributed by atoms with E-state index >= 15 is 0 Å². The molecule has 0 aliphatic carbocycles. The van der Waals surface area contributed by atoms with Crippen molar-refractivity contribution in [1.82, 2.24) is 15.1 Å². The van der Waals surface area contributed by atoms with Gasteiger partial charge in [0.15, 0.2) is 5.82 Å². The van der Waals surface area contributed by atoms with Gasteiger partial charge in [0, 0.05) is 49.8 Å². The van der Waals surface area contributed by atoms with Crippen LogP contribution in [-0.4, -0.2) is 52.3 Å². The Balaban J connectivity index is 1.43. The summed E-state index contributed by atoms with van der Waals surface area (Å²) in [7, 11) is 0. The average molecular weight is 493 g/mol. The first-order chi connectivity index (χ1) is 17.2. The Bertz CT molecular complexity index is 1240. The minimum Gasteiger partial charge on any atom is -0.384 e. The van der Waals surface area contributed by atoms with Gasteiger partial charge in [-0.15, -0.1) is 5.10 Å². The van der Waals surface area contributed by atoms with E-state index in [2.05, 4.69) is 10.2 Å². The molecule has 3 heterocycles. The molecule has 0 unspecified atom stereocenters. The molecule has 2 aliphatic heterocycles. The van der Waals surface area contributed by atoms with Crippen LogP contribution in [0.15, 0.2) is 66.9 Å². The Kier molecular flexibility index (Phi) is 6.24. The molecule has 3 aromatic rings. The first-order valence-corrected chi connectivity index (χ1v) is 12.2. The van der Waals surface area contributed by atoms with Crippen molar-refractivity contribution in [2.45, 2.75) is 31.8 Å². The first kappa shape index (κ1) is 24.3. The molecule has 188 valence electrons. The third-order valence-electron chi connectivity index (χ3n) is 7.89.